The number of oxazole rings is 1. The summed E-state index contributed by atoms with van der Waals surface area (Å²) < 4.78 is 4.95. The van der Waals surface area contributed by atoms with Crippen molar-refractivity contribution in [1.29, 1.82) is 0 Å². The molecule has 72 valence electrons. The van der Waals surface area contributed by atoms with E-state index in [4.69, 9.17) is 16.6 Å². The van der Waals surface area contributed by atoms with Gasteiger partial charge in [-0.15, -0.1) is 0 Å². The fourth-order valence-corrected chi connectivity index (χ4v) is 1.05. The van der Waals surface area contributed by atoms with Crippen LogP contribution in [0.1, 0.15) is 6.42 Å². The van der Waals surface area contributed by atoms with Crippen molar-refractivity contribution in [2.75, 3.05) is 17.6 Å². The third-order valence-electron chi connectivity index (χ3n) is 1.27. The predicted molar refractivity (Wildman–Crippen MR) is 59.2 cm³/mol. The number of hydrogen-bond acceptors (Lipinski definition) is 4. The fraction of sp³-hybridized carbons (Fsp3) is 0.429. The van der Waals surface area contributed by atoms with E-state index in [0.29, 0.717) is 11.1 Å². The first-order valence-corrected chi connectivity index (χ1v) is 4.92. The van der Waals surface area contributed by atoms with Gasteiger partial charge < -0.3 is 9.73 Å². The van der Waals surface area contributed by atoms with Crippen LogP contribution in [0.25, 0.3) is 0 Å². The number of anilines is 1. The lowest BCUT2D eigenvalue weighted by Crippen LogP contribution is -2.29. The van der Waals surface area contributed by atoms with Crippen molar-refractivity contribution in [2.45, 2.75) is 6.42 Å². The zero-order valence-electron chi connectivity index (χ0n) is 6.99. The largest absolute Gasteiger partial charge is 0.432 e. The summed E-state index contributed by atoms with van der Waals surface area (Å²) in [4.78, 5) is 3.86. The van der Waals surface area contributed by atoms with Crippen molar-refractivity contribution in [3.8, 4) is 0 Å². The molecule has 1 heterocycles. The van der Waals surface area contributed by atoms with E-state index in [1.165, 1.54) is 6.26 Å². The lowest BCUT2D eigenvalue weighted by molar-refractivity contribution is 0.578. The van der Waals surface area contributed by atoms with Crippen molar-refractivity contribution < 1.29 is 4.42 Å². The predicted octanol–water partition coefficient (Wildman–Crippen LogP) is 1.28. The van der Waals surface area contributed by atoms with Crippen molar-refractivity contribution in [3.63, 3.8) is 0 Å². The molecule has 1 aromatic rings. The number of aromatic nitrogens is 1. The first-order chi connectivity index (χ1) is 6.33. The third-order valence-corrected chi connectivity index (χ3v) is 1.84. The van der Waals surface area contributed by atoms with Gasteiger partial charge in [0.05, 0.1) is 6.20 Å². The first-order valence-electron chi connectivity index (χ1n) is 3.88. The molecular formula is C7H11N3OS2. The monoisotopic (exact) mass is 217 g/mol. The fourth-order valence-electron chi connectivity index (χ4n) is 0.707. The van der Waals surface area contributed by atoms with Crippen molar-refractivity contribution >= 4 is 36.0 Å². The SMILES string of the molecule is S=C(NCCCS)Nc1ncco1. The Bertz CT molecular complexity index is 250. The van der Waals surface area contributed by atoms with Gasteiger partial charge in [0.1, 0.15) is 6.26 Å². The molecule has 0 unspecified atom stereocenters. The van der Waals surface area contributed by atoms with E-state index in [9.17, 15) is 0 Å². The van der Waals surface area contributed by atoms with Gasteiger partial charge in [-0.05, 0) is 24.4 Å². The number of thiocarbonyl (C=S) groups is 1. The summed E-state index contributed by atoms with van der Waals surface area (Å²) in [6.45, 7) is 0.802. The Hall–Kier alpha value is -0.750. The maximum Gasteiger partial charge on any atom is 0.300 e. The van der Waals surface area contributed by atoms with Crippen LogP contribution in [0.2, 0.25) is 0 Å². The van der Waals surface area contributed by atoms with Gasteiger partial charge in [-0.25, -0.2) is 4.98 Å². The van der Waals surface area contributed by atoms with Gasteiger partial charge in [-0.2, -0.15) is 12.6 Å². The summed E-state index contributed by atoms with van der Waals surface area (Å²) in [5.41, 5.74) is 0. The molecule has 0 aliphatic heterocycles. The Morgan fingerprint density at radius 3 is 3.15 bits per heavy atom. The summed E-state index contributed by atoms with van der Waals surface area (Å²) >= 11 is 9.05. The van der Waals surface area contributed by atoms with Crippen LogP contribution in [-0.2, 0) is 0 Å². The lowest BCUT2D eigenvalue weighted by Gasteiger charge is -2.05. The van der Waals surface area contributed by atoms with E-state index in [-0.39, 0.29) is 0 Å². The van der Waals surface area contributed by atoms with Gasteiger partial charge in [-0.1, -0.05) is 0 Å². The topological polar surface area (TPSA) is 50.1 Å². The van der Waals surface area contributed by atoms with Crippen molar-refractivity contribution in [2.24, 2.45) is 0 Å². The average molecular weight is 217 g/mol. The molecule has 1 rings (SSSR count). The molecule has 0 spiro atoms. The molecule has 0 saturated carbocycles. The molecule has 6 heteroatoms. The minimum atomic E-state index is 0.406. The van der Waals surface area contributed by atoms with E-state index in [0.717, 1.165) is 18.7 Å². The Morgan fingerprint density at radius 2 is 2.54 bits per heavy atom. The van der Waals surface area contributed by atoms with Gasteiger partial charge in [0.2, 0.25) is 0 Å². The van der Waals surface area contributed by atoms with Gasteiger partial charge in [0.15, 0.2) is 5.11 Å². The van der Waals surface area contributed by atoms with Crippen LogP contribution >= 0.6 is 24.8 Å². The number of thiol groups is 1. The molecule has 0 aliphatic carbocycles. The highest BCUT2D eigenvalue weighted by atomic mass is 32.1. The molecule has 0 fully saturated rings. The van der Waals surface area contributed by atoms with Crippen LogP contribution in [0.4, 0.5) is 6.01 Å². The van der Waals surface area contributed by atoms with Gasteiger partial charge in [0, 0.05) is 6.54 Å². The Labute approximate surface area is 87.5 Å². The third kappa shape index (κ3) is 4.14. The second-order valence-electron chi connectivity index (χ2n) is 2.30. The molecule has 0 saturated heterocycles. The molecular weight excluding hydrogens is 206 g/mol. The molecule has 1 aromatic heterocycles. The maximum absolute atomic E-state index is 4.97. The van der Waals surface area contributed by atoms with Crippen LogP contribution in [-0.4, -0.2) is 22.4 Å². The zero-order chi connectivity index (χ0) is 9.52. The van der Waals surface area contributed by atoms with Crippen LogP contribution in [0, 0.1) is 0 Å². The average Bonchev–Trinajstić information content (AvgIpc) is 2.57. The highest BCUT2D eigenvalue weighted by Gasteiger charge is 1.98. The van der Waals surface area contributed by atoms with Crippen LogP contribution in [0.5, 0.6) is 0 Å². The standard InChI is InChI=1S/C7H11N3OS2/c12-5-1-2-9-7(13)10-6-8-3-4-11-6/h3-4,12H,1-2,5H2,(H2,8,9,10,13). The minimum Gasteiger partial charge on any atom is -0.432 e. The molecule has 2 N–H and O–H groups in total. The minimum absolute atomic E-state index is 0.406. The van der Waals surface area contributed by atoms with E-state index >= 15 is 0 Å². The lowest BCUT2D eigenvalue weighted by atomic mass is 10.5. The summed E-state index contributed by atoms with van der Waals surface area (Å²) in [5.74, 6) is 0.842. The van der Waals surface area contributed by atoms with Crippen LogP contribution in [0.15, 0.2) is 16.9 Å². The zero-order valence-corrected chi connectivity index (χ0v) is 8.70. The highest BCUT2D eigenvalue weighted by Crippen LogP contribution is 1.99. The summed E-state index contributed by atoms with van der Waals surface area (Å²) in [6.07, 6.45) is 4.01. The smallest absolute Gasteiger partial charge is 0.300 e. The summed E-state index contributed by atoms with van der Waals surface area (Å²) in [7, 11) is 0. The van der Waals surface area contributed by atoms with Crippen molar-refractivity contribution in [1.82, 2.24) is 10.3 Å². The second kappa shape index (κ2) is 5.82. The van der Waals surface area contributed by atoms with E-state index in [1.54, 1.807) is 6.20 Å². The molecule has 0 aliphatic rings. The first kappa shape index (κ1) is 10.3. The van der Waals surface area contributed by atoms with Crippen LogP contribution in [0.3, 0.4) is 0 Å². The molecule has 0 amide bonds. The van der Waals surface area contributed by atoms with E-state index in [1.807, 2.05) is 0 Å². The normalized spacial score (nSPS) is 9.62. The summed E-state index contributed by atoms with van der Waals surface area (Å²) in [5, 5.41) is 6.31. The molecule has 0 aromatic carbocycles. The quantitative estimate of drug-likeness (QED) is 0.403. The van der Waals surface area contributed by atoms with E-state index in [2.05, 4.69) is 28.2 Å². The Morgan fingerprint density at radius 1 is 1.69 bits per heavy atom. The number of rotatable bonds is 4. The summed E-state index contributed by atoms with van der Waals surface area (Å²) in [6, 6.07) is 0.406. The molecule has 0 atom stereocenters. The maximum atomic E-state index is 4.97. The Balaban J connectivity index is 2.18. The van der Waals surface area contributed by atoms with E-state index < -0.39 is 0 Å². The number of nitrogens with zero attached hydrogens (tertiary/aromatic N) is 1. The molecule has 13 heavy (non-hydrogen) atoms. The number of nitrogens with one attached hydrogen (secondary N) is 2. The van der Waals surface area contributed by atoms with Crippen LogP contribution < -0.4 is 10.6 Å². The Kier molecular flexibility index (Phi) is 4.63. The van der Waals surface area contributed by atoms with Gasteiger partial charge in [0.25, 0.3) is 0 Å². The van der Waals surface area contributed by atoms with Gasteiger partial charge in [-0.3, -0.25) is 5.32 Å². The highest BCUT2D eigenvalue weighted by molar-refractivity contribution is 7.80. The molecule has 0 bridgehead atoms. The van der Waals surface area contributed by atoms with Gasteiger partial charge >= 0.3 is 6.01 Å². The van der Waals surface area contributed by atoms with Crippen molar-refractivity contribution in [3.05, 3.63) is 12.5 Å². The number of hydrogen-bond donors (Lipinski definition) is 3. The second-order valence-corrected chi connectivity index (χ2v) is 3.15. The molecule has 0 radical (unpaired) electrons. The molecule has 4 nitrogen and oxygen atoms in total.